The maximum absolute atomic E-state index is 12.4. The van der Waals surface area contributed by atoms with Crippen LogP contribution in [0.15, 0.2) is 29.3 Å². The van der Waals surface area contributed by atoms with Crippen LogP contribution in [-0.4, -0.2) is 38.1 Å². The molecular weight excluding hydrogens is 450 g/mol. The molecular formula is C16H23F3IN3O2. The number of ether oxygens (including phenoxy) is 2. The summed E-state index contributed by atoms with van der Waals surface area (Å²) in [4.78, 5) is 4.33. The van der Waals surface area contributed by atoms with Crippen LogP contribution in [0.25, 0.3) is 0 Å². The Morgan fingerprint density at radius 3 is 2.72 bits per heavy atom. The van der Waals surface area contributed by atoms with E-state index in [0.29, 0.717) is 24.6 Å². The standard InChI is InChI=1S/C16H22F3N3O2.HI/c1-2-20-15(22-11-13-7-5-9-23-13)21-10-12-6-3-4-8-14(12)24-16(17,18)19;/h3-4,6,8,13H,2,5,7,9-11H2,1H3,(H2,20,21,22);1H. The van der Waals surface area contributed by atoms with E-state index in [-0.39, 0.29) is 42.4 Å². The number of benzene rings is 1. The first-order valence-corrected chi connectivity index (χ1v) is 7.95. The van der Waals surface area contributed by atoms with Gasteiger partial charge in [0.15, 0.2) is 5.96 Å². The van der Waals surface area contributed by atoms with Gasteiger partial charge in [-0.15, -0.1) is 37.1 Å². The van der Waals surface area contributed by atoms with Gasteiger partial charge >= 0.3 is 6.36 Å². The van der Waals surface area contributed by atoms with Gasteiger partial charge in [0.05, 0.1) is 12.6 Å². The Morgan fingerprint density at radius 2 is 2.08 bits per heavy atom. The van der Waals surface area contributed by atoms with Gasteiger partial charge in [0.1, 0.15) is 5.75 Å². The first-order chi connectivity index (χ1) is 11.5. The molecule has 1 aromatic rings. The van der Waals surface area contributed by atoms with Gasteiger partial charge in [-0.05, 0) is 25.8 Å². The lowest BCUT2D eigenvalue weighted by Gasteiger charge is -2.15. The van der Waals surface area contributed by atoms with E-state index in [1.165, 1.54) is 12.1 Å². The van der Waals surface area contributed by atoms with Crippen LogP contribution in [0.2, 0.25) is 0 Å². The van der Waals surface area contributed by atoms with Crippen LogP contribution in [0.5, 0.6) is 5.75 Å². The zero-order chi connectivity index (χ0) is 17.4. The maximum atomic E-state index is 12.4. The summed E-state index contributed by atoms with van der Waals surface area (Å²) in [6.07, 6.45) is -2.53. The van der Waals surface area contributed by atoms with Crippen molar-refractivity contribution in [3.63, 3.8) is 0 Å². The molecule has 0 radical (unpaired) electrons. The molecule has 0 amide bonds. The summed E-state index contributed by atoms with van der Waals surface area (Å²) in [6.45, 7) is 4.03. The Labute approximate surface area is 162 Å². The van der Waals surface area contributed by atoms with E-state index in [4.69, 9.17) is 4.74 Å². The van der Waals surface area contributed by atoms with Gasteiger partial charge in [0, 0.05) is 25.3 Å². The highest BCUT2D eigenvalue weighted by Crippen LogP contribution is 2.26. The zero-order valence-electron chi connectivity index (χ0n) is 13.9. The minimum absolute atomic E-state index is 0. The van der Waals surface area contributed by atoms with Crippen molar-refractivity contribution in [2.45, 2.75) is 38.8 Å². The first-order valence-electron chi connectivity index (χ1n) is 7.95. The minimum atomic E-state index is -4.72. The molecule has 0 aliphatic carbocycles. The predicted octanol–water partition coefficient (Wildman–Crippen LogP) is 3.44. The number of nitrogens with zero attached hydrogens (tertiary/aromatic N) is 1. The predicted molar refractivity (Wildman–Crippen MR) is 100 cm³/mol. The average molecular weight is 473 g/mol. The lowest BCUT2D eigenvalue weighted by molar-refractivity contribution is -0.274. The van der Waals surface area contributed by atoms with Crippen molar-refractivity contribution in [1.29, 1.82) is 0 Å². The summed E-state index contributed by atoms with van der Waals surface area (Å²) in [5.74, 6) is 0.304. The number of halogens is 4. The molecule has 1 aliphatic heterocycles. The minimum Gasteiger partial charge on any atom is -0.405 e. The lowest BCUT2D eigenvalue weighted by atomic mass is 10.2. The number of alkyl halides is 3. The van der Waals surface area contributed by atoms with Gasteiger partial charge in [0.25, 0.3) is 0 Å². The third-order valence-electron chi connectivity index (χ3n) is 3.47. The van der Waals surface area contributed by atoms with E-state index in [1.54, 1.807) is 12.1 Å². The Balaban J connectivity index is 0.00000312. The molecule has 1 aromatic carbocycles. The number of nitrogens with one attached hydrogen (secondary N) is 2. The van der Waals surface area contributed by atoms with Crippen LogP contribution in [0, 0.1) is 0 Å². The van der Waals surface area contributed by atoms with Crippen molar-refractivity contribution in [2.24, 2.45) is 4.99 Å². The summed E-state index contributed by atoms with van der Waals surface area (Å²) >= 11 is 0. The smallest absolute Gasteiger partial charge is 0.405 e. The molecule has 1 unspecified atom stereocenters. The van der Waals surface area contributed by atoms with Gasteiger partial charge in [0.2, 0.25) is 0 Å². The second kappa shape index (κ2) is 10.7. The highest BCUT2D eigenvalue weighted by Gasteiger charge is 2.31. The Hall–Kier alpha value is -1.23. The number of para-hydroxylation sites is 1. The molecule has 142 valence electrons. The van der Waals surface area contributed by atoms with Crippen molar-refractivity contribution in [2.75, 3.05) is 19.7 Å². The fraction of sp³-hybridized carbons (Fsp3) is 0.562. The normalized spacial score (nSPS) is 17.8. The topological polar surface area (TPSA) is 54.9 Å². The molecule has 1 saturated heterocycles. The van der Waals surface area contributed by atoms with E-state index in [9.17, 15) is 13.2 Å². The van der Waals surface area contributed by atoms with Crippen LogP contribution in [0.4, 0.5) is 13.2 Å². The molecule has 9 heteroatoms. The van der Waals surface area contributed by atoms with Gasteiger partial charge < -0.3 is 20.1 Å². The molecule has 5 nitrogen and oxygen atoms in total. The fourth-order valence-electron chi connectivity index (χ4n) is 2.38. The second-order valence-corrected chi connectivity index (χ2v) is 5.37. The van der Waals surface area contributed by atoms with Gasteiger partial charge in [-0.1, -0.05) is 18.2 Å². The summed E-state index contributed by atoms with van der Waals surface area (Å²) in [5, 5.41) is 6.22. The van der Waals surface area contributed by atoms with E-state index in [0.717, 1.165) is 19.4 Å². The zero-order valence-corrected chi connectivity index (χ0v) is 16.3. The quantitative estimate of drug-likeness (QED) is 0.378. The SMILES string of the molecule is CCNC(=NCc1ccccc1OC(F)(F)F)NCC1CCCO1.I. The summed E-state index contributed by atoms with van der Waals surface area (Å²) in [6, 6.07) is 6.00. The van der Waals surface area contributed by atoms with Crippen LogP contribution >= 0.6 is 24.0 Å². The number of hydrogen-bond acceptors (Lipinski definition) is 3. The summed E-state index contributed by atoms with van der Waals surface area (Å²) < 4.78 is 46.9. The second-order valence-electron chi connectivity index (χ2n) is 5.37. The Kier molecular flexibility index (Phi) is 9.33. The lowest BCUT2D eigenvalue weighted by Crippen LogP contribution is -2.41. The van der Waals surface area contributed by atoms with Crippen LogP contribution in [0.3, 0.4) is 0 Å². The summed E-state index contributed by atoms with van der Waals surface area (Å²) in [5.41, 5.74) is 0.365. The number of rotatable bonds is 6. The molecule has 1 fully saturated rings. The molecule has 1 atom stereocenters. The molecule has 0 bridgehead atoms. The van der Waals surface area contributed by atoms with Crippen molar-refractivity contribution < 1.29 is 22.6 Å². The van der Waals surface area contributed by atoms with Gasteiger partial charge in [-0.3, -0.25) is 0 Å². The molecule has 0 aromatic heterocycles. The van der Waals surface area contributed by atoms with E-state index >= 15 is 0 Å². The van der Waals surface area contributed by atoms with E-state index in [1.807, 2.05) is 6.92 Å². The molecule has 1 heterocycles. The van der Waals surface area contributed by atoms with Crippen LogP contribution in [-0.2, 0) is 11.3 Å². The maximum Gasteiger partial charge on any atom is 0.573 e. The third kappa shape index (κ3) is 8.13. The Bertz CT molecular complexity index is 550. The van der Waals surface area contributed by atoms with Gasteiger partial charge in [-0.2, -0.15) is 0 Å². The molecule has 2 rings (SSSR count). The number of guanidine groups is 1. The van der Waals surface area contributed by atoms with Gasteiger partial charge in [-0.25, -0.2) is 4.99 Å². The molecule has 2 N–H and O–H groups in total. The molecule has 25 heavy (non-hydrogen) atoms. The molecule has 0 saturated carbocycles. The Morgan fingerprint density at radius 1 is 1.32 bits per heavy atom. The van der Waals surface area contributed by atoms with Crippen molar-refractivity contribution in [3.8, 4) is 5.75 Å². The van der Waals surface area contributed by atoms with Crippen molar-refractivity contribution >= 4 is 29.9 Å². The third-order valence-corrected chi connectivity index (χ3v) is 3.47. The molecule has 1 aliphatic rings. The summed E-state index contributed by atoms with van der Waals surface area (Å²) in [7, 11) is 0. The van der Waals surface area contributed by atoms with E-state index in [2.05, 4.69) is 20.4 Å². The van der Waals surface area contributed by atoms with Crippen LogP contribution in [0.1, 0.15) is 25.3 Å². The fourth-order valence-corrected chi connectivity index (χ4v) is 2.38. The first kappa shape index (κ1) is 21.8. The van der Waals surface area contributed by atoms with Crippen molar-refractivity contribution in [3.05, 3.63) is 29.8 Å². The highest BCUT2D eigenvalue weighted by molar-refractivity contribution is 14.0. The monoisotopic (exact) mass is 473 g/mol. The molecule has 0 spiro atoms. The van der Waals surface area contributed by atoms with Crippen molar-refractivity contribution in [1.82, 2.24) is 10.6 Å². The largest absolute Gasteiger partial charge is 0.573 e. The number of aliphatic imine (C=N–C) groups is 1. The number of hydrogen-bond donors (Lipinski definition) is 2. The van der Waals surface area contributed by atoms with Crippen LogP contribution < -0.4 is 15.4 Å². The van der Waals surface area contributed by atoms with E-state index < -0.39 is 6.36 Å². The average Bonchev–Trinajstić information content (AvgIpc) is 3.03. The highest BCUT2D eigenvalue weighted by atomic mass is 127.